The van der Waals surface area contributed by atoms with E-state index >= 15 is 0 Å². The number of pyridine rings is 1. The zero-order chi connectivity index (χ0) is 13.8. The maximum absolute atomic E-state index is 13.9. The molecule has 5 heteroatoms. The number of nitrogens with one attached hydrogen (secondary N) is 1. The zero-order valence-electron chi connectivity index (χ0n) is 10.3. The van der Waals surface area contributed by atoms with Gasteiger partial charge in [-0.15, -0.1) is 0 Å². The molecule has 0 aliphatic heterocycles. The topological polar surface area (TPSA) is 24.9 Å². The fraction of sp³-hybridized carbons (Fsp3) is 0.214. The molecule has 0 spiro atoms. The highest BCUT2D eigenvalue weighted by Gasteiger charge is 2.16. The van der Waals surface area contributed by atoms with Crippen LogP contribution in [0.2, 0.25) is 5.02 Å². The molecule has 0 amide bonds. The third kappa shape index (κ3) is 3.53. The summed E-state index contributed by atoms with van der Waals surface area (Å²) in [5, 5.41) is 3.71. The molecule has 0 saturated carbocycles. The summed E-state index contributed by atoms with van der Waals surface area (Å²) in [7, 11) is 1.81. The predicted molar refractivity (Wildman–Crippen MR) is 78.9 cm³/mol. The maximum Gasteiger partial charge on any atom is 0.127 e. The Morgan fingerprint density at radius 3 is 2.84 bits per heavy atom. The van der Waals surface area contributed by atoms with Gasteiger partial charge >= 0.3 is 0 Å². The molecule has 0 radical (unpaired) electrons. The number of rotatable bonds is 4. The molecule has 0 aliphatic carbocycles. The summed E-state index contributed by atoms with van der Waals surface area (Å²) in [5.41, 5.74) is 1.36. The van der Waals surface area contributed by atoms with Gasteiger partial charge in [0.05, 0.1) is 16.8 Å². The van der Waals surface area contributed by atoms with Crippen molar-refractivity contribution in [3.05, 3.63) is 63.1 Å². The van der Waals surface area contributed by atoms with E-state index in [1.807, 2.05) is 13.1 Å². The lowest BCUT2D eigenvalue weighted by Gasteiger charge is -2.17. The molecule has 1 atom stereocenters. The molecule has 0 fully saturated rings. The standard InChI is InChI=1S/C14H13BrClFN2/c1-18-13(14-11(16)3-2-6-19-14)7-9-4-5-10(15)8-12(9)17/h2-6,8,13,18H,7H2,1H3. The number of aromatic nitrogens is 1. The summed E-state index contributed by atoms with van der Waals surface area (Å²) in [6.07, 6.45) is 2.18. The third-order valence-electron chi connectivity index (χ3n) is 2.90. The van der Waals surface area contributed by atoms with Crippen molar-refractivity contribution in [2.45, 2.75) is 12.5 Å². The van der Waals surface area contributed by atoms with Crippen LogP contribution < -0.4 is 5.32 Å². The van der Waals surface area contributed by atoms with Gasteiger partial charge < -0.3 is 5.32 Å². The highest BCUT2D eigenvalue weighted by Crippen LogP contribution is 2.25. The molecule has 1 aromatic heterocycles. The van der Waals surface area contributed by atoms with E-state index in [9.17, 15) is 4.39 Å². The Labute approximate surface area is 125 Å². The smallest absolute Gasteiger partial charge is 0.127 e. The Balaban J connectivity index is 2.27. The minimum atomic E-state index is -0.235. The monoisotopic (exact) mass is 342 g/mol. The molecule has 1 heterocycles. The number of hydrogen-bond donors (Lipinski definition) is 1. The fourth-order valence-electron chi connectivity index (χ4n) is 1.90. The van der Waals surface area contributed by atoms with Gasteiger partial charge in [-0.2, -0.15) is 0 Å². The van der Waals surface area contributed by atoms with Crippen LogP contribution in [0.15, 0.2) is 41.0 Å². The van der Waals surface area contributed by atoms with Crippen molar-refractivity contribution in [1.29, 1.82) is 0 Å². The van der Waals surface area contributed by atoms with Crippen molar-refractivity contribution in [3.63, 3.8) is 0 Å². The second-order valence-electron chi connectivity index (χ2n) is 4.15. The maximum atomic E-state index is 13.9. The van der Waals surface area contributed by atoms with Gasteiger partial charge in [0.1, 0.15) is 5.82 Å². The number of benzene rings is 1. The molecule has 2 nitrogen and oxygen atoms in total. The summed E-state index contributed by atoms with van der Waals surface area (Å²) < 4.78 is 14.6. The molecule has 1 N–H and O–H groups in total. The molecule has 0 aliphatic rings. The number of likely N-dealkylation sites (N-methyl/N-ethyl adjacent to an activating group) is 1. The highest BCUT2D eigenvalue weighted by molar-refractivity contribution is 9.10. The quantitative estimate of drug-likeness (QED) is 0.902. The first-order valence-corrected chi connectivity index (χ1v) is 7.00. The molecule has 1 unspecified atom stereocenters. The highest BCUT2D eigenvalue weighted by atomic mass is 79.9. The summed E-state index contributed by atoms with van der Waals surface area (Å²) in [4.78, 5) is 4.27. The Kier molecular flexibility index (Phi) is 4.91. The number of hydrogen-bond acceptors (Lipinski definition) is 2. The zero-order valence-corrected chi connectivity index (χ0v) is 12.7. The molecular weight excluding hydrogens is 331 g/mol. The average Bonchev–Trinajstić information content (AvgIpc) is 2.39. The van der Waals surface area contributed by atoms with Crippen molar-refractivity contribution in [2.24, 2.45) is 0 Å². The Morgan fingerprint density at radius 1 is 1.42 bits per heavy atom. The Morgan fingerprint density at radius 2 is 2.21 bits per heavy atom. The predicted octanol–water partition coefficient (Wildman–Crippen LogP) is 4.14. The van der Waals surface area contributed by atoms with Gasteiger partial charge in [0.15, 0.2) is 0 Å². The normalized spacial score (nSPS) is 12.4. The fourth-order valence-corrected chi connectivity index (χ4v) is 2.48. The SMILES string of the molecule is CNC(Cc1ccc(Br)cc1F)c1ncccc1Cl. The molecule has 0 saturated heterocycles. The average molecular weight is 344 g/mol. The molecule has 1 aromatic carbocycles. The molecule has 2 aromatic rings. The van der Waals surface area contributed by atoms with Crippen molar-refractivity contribution < 1.29 is 4.39 Å². The van der Waals surface area contributed by atoms with E-state index in [2.05, 4.69) is 26.2 Å². The van der Waals surface area contributed by atoms with Gasteiger partial charge in [-0.05, 0) is 43.3 Å². The van der Waals surface area contributed by atoms with Crippen LogP contribution in [0.1, 0.15) is 17.3 Å². The van der Waals surface area contributed by atoms with Gasteiger partial charge in [-0.1, -0.05) is 33.6 Å². The van der Waals surface area contributed by atoms with Crippen LogP contribution in [-0.4, -0.2) is 12.0 Å². The molecular formula is C14H13BrClFN2. The van der Waals surface area contributed by atoms with Gasteiger partial charge in [0.25, 0.3) is 0 Å². The van der Waals surface area contributed by atoms with Gasteiger partial charge in [0, 0.05) is 10.7 Å². The lowest BCUT2D eigenvalue weighted by Crippen LogP contribution is -2.21. The lowest BCUT2D eigenvalue weighted by molar-refractivity contribution is 0.544. The van der Waals surface area contributed by atoms with E-state index in [1.54, 1.807) is 24.4 Å². The van der Waals surface area contributed by atoms with Crippen LogP contribution in [0.25, 0.3) is 0 Å². The minimum absolute atomic E-state index is 0.121. The molecule has 100 valence electrons. The molecule has 19 heavy (non-hydrogen) atoms. The van der Waals surface area contributed by atoms with E-state index in [0.717, 1.165) is 10.2 Å². The number of halogens is 3. The van der Waals surface area contributed by atoms with E-state index < -0.39 is 0 Å². The van der Waals surface area contributed by atoms with Gasteiger partial charge in [-0.25, -0.2) is 4.39 Å². The first-order chi connectivity index (χ1) is 9.11. The van der Waals surface area contributed by atoms with Crippen molar-refractivity contribution >= 4 is 27.5 Å². The van der Waals surface area contributed by atoms with Gasteiger partial charge in [-0.3, -0.25) is 4.98 Å². The van der Waals surface area contributed by atoms with Gasteiger partial charge in [0.2, 0.25) is 0 Å². The lowest BCUT2D eigenvalue weighted by atomic mass is 10.0. The van der Waals surface area contributed by atoms with Crippen LogP contribution in [-0.2, 0) is 6.42 Å². The number of nitrogens with zero attached hydrogens (tertiary/aromatic N) is 1. The second-order valence-corrected chi connectivity index (χ2v) is 5.47. The minimum Gasteiger partial charge on any atom is -0.311 e. The van der Waals surface area contributed by atoms with E-state index in [1.165, 1.54) is 6.07 Å². The van der Waals surface area contributed by atoms with Crippen molar-refractivity contribution in [3.8, 4) is 0 Å². The largest absolute Gasteiger partial charge is 0.311 e. The van der Waals surface area contributed by atoms with E-state index in [-0.39, 0.29) is 11.9 Å². The van der Waals surface area contributed by atoms with E-state index in [4.69, 9.17) is 11.6 Å². The molecule has 0 bridgehead atoms. The summed E-state index contributed by atoms with van der Waals surface area (Å²) in [5.74, 6) is -0.235. The first-order valence-electron chi connectivity index (χ1n) is 5.83. The van der Waals surface area contributed by atoms with Crippen LogP contribution >= 0.6 is 27.5 Å². The molecule has 2 rings (SSSR count). The first kappa shape index (κ1) is 14.4. The van der Waals surface area contributed by atoms with Crippen LogP contribution in [0.4, 0.5) is 4.39 Å². The Hall–Kier alpha value is -0.970. The Bertz CT molecular complexity index is 577. The summed E-state index contributed by atoms with van der Waals surface area (Å²) in [6.45, 7) is 0. The summed E-state index contributed by atoms with van der Waals surface area (Å²) >= 11 is 9.37. The van der Waals surface area contributed by atoms with Crippen LogP contribution in [0.5, 0.6) is 0 Å². The van der Waals surface area contributed by atoms with Crippen molar-refractivity contribution in [2.75, 3.05) is 7.05 Å². The third-order valence-corrected chi connectivity index (χ3v) is 3.72. The second kappa shape index (κ2) is 6.46. The van der Waals surface area contributed by atoms with E-state index in [0.29, 0.717) is 17.0 Å². The van der Waals surface area contributed by atoms with Crippen molar-refractivity contribution in [1.82, 2.24) is 10.3 Å². The van der Waals surface area contributed by atoms with Crippen LogP contribution in [0, 0.1) is 5.82 Å². The van der Waals surface area contributed by atoms with Crippen LogP contribution in [0.3, 0.4) is 0 Å². The summed E-state index contributed by atoms with van der Waals surface area (Å²) in [6, 6.07) is 8.49.